The Morgan fingerprint density at radius 3 is 2.53 bits per heavy atom. The zero-order valence-corrected chi connectivity index (χ0v) is 20.1. The van der Waals surface area contributed by atoms with Gasteiger partial charge in [-0.15, -0.1) is 11.3 Å². The van der Waals surface area contributed by atoms with Crippen LogP contribution in [0.25, 0.3) is 10.6 Å². The predicted octanol–water partition coefficient (Wildman–Crippen LogP) is 4.78. The fourth-order valence-corrected chi connectivity index (χ4v) is 5.71. The molecule has 0 saturated heterocycles. The van der Waals surface area contributed by atoms with Gasteiger partial charge < -0.3 is 5.32 Å². The van der Waals surface area contributed by atoms with Crippen molar-refractivity contribution in [2.24, 2.45) is 0 Å². The van der Waals surface area contributed by atoms with Crippen LogP contribution < -0.4 is 5.32 Å². The zero-order valence-electron chi connectivity index (χ0n) is 18.5. The Labute approximate surface area is 192 Å². The van der Waals surface area contributed by atoms with Crippen molar-refractivity contribution in [2.75, 3.05) is 18.4 Å². The second-order valence-electron chi connectivity index (χ2n) is 7.38. The van der Waals surface area contributed by atoms with Gasteiger partial charge in [0.1, 0.15) is 10.8 Å². The molecule has 32 heavy (non-hydrogen) atoms. The molecule has 6 nitrogen and oxygen atoms in total. The molecule has 0 aliphatic carbocycles. The highest BCUT2D eigenvalue weighted by Gasteiger charge is 2.23. The van der Waals surface area contributed by atoms with Crippen LogP contribution in [0.15, 0.2) is 46.7 Å². The lowest BCUT2D eigenvalue weighted by Gasteiger charge is -2.20. The number of nitrogens with zero attached hydrogens (tertiary/aromatic N) is 2. The van der Waals surface area contributed by atoms with Crippen molar-refractivity contribution in [3.63, 3.8) is 0 Å². The standard InChI is InChI=1S/C23H26FN3O3S2/c1-5-27(6-2)32(29,30)20-10-15(3)16(4)21(13-20)26-22(28)12-19-14-31-23(25-19)17-8-7-9-18(24)11-17/h7-11,13-14H,5-6,12H2,1-4H3,(H,26,28). The number of anilines is 1. The van der Waals surface area contributed by atoms with Crippen LogP contribution in [0.1, 0.15) is 30.7 Å². The molecule has 0 saturated carbocycles. The van der Waals surface area contributed by atoms with Crippen LogP contribution in [0, 0.1) is 19.7 Å². The highest BCUT2D eigenvalue weighted by atomic mass is 32.2. The minimum Gasteiger partial charge on any atom is -0.325 e. The summed E-state index contributed by atoms with van der Waals surface area (Å²) in [4.78, 5) is 17.3. The molecule has 2 aromatic carbocycles. The number of carbonyl (C=O) groups is 1. The van der Waals surface area contributed by atoms with Gasteiger partial charge in [-0.1, -0.05) is 26.0 Å². The molecule has 0 aliphatic heterocycles. The topological polar surface area (TPSA) is 79.4 Å². The van der Waals surface area contributed by atoms with Crippen LogP contribution in [0.3, 0.4) is 0 Å². The van der Waals surface area contributed by atoms with Gasteiger partial charge in [-0.2, -0.15) is 4.31 Å². The van der Waals surface area contributed by atoms with Crippen LogP contribution >= 0.6 is 11.3 Å². The van der Waals surface area contributed by atoms with Crippen molar-refractivity contribution in [1.29, 1.82) is 0 Å². The number of halogens is 1. The Kier molecular flexibility index (Phi) is 7.43. The number of nitrogens with one attached hydrogen (secondary N) is 1. The third-order valence-corrected chi connectivity index (χ3v) is 8.19. The Hall–Kier alpha value is -2.62. The maximum Gasteiger partial charge on any atom is 0.243 e. The molecule has 170 valence electrons. The summed E-state index contributed by atoms with van der Waals surface area (Å²) in [5.74, 6) is -0.650. The molecule has 0 atom stereocenters. The highest BCUT2D eigenvalue weighted by Crippen LogP contribution is 2.27. The monoisotopic (exact) mass is 475 g/mol. The molecule has 1 N–H and O–H groups in total. The maximum atomic E-state index is 13.5. The Morgan fingerprint density at radius 1 is 1.16 bits per heavy atom. The number of hydrogen-bond acceptors (Lipinski definition) is 5. The van der Waals surface area contributed by atoms with E-state index in [0.29, 0.717) is 35.0 Å². The Bertz CT molecular complexity index is 1240. The molecular formula is C23H26FN3O3S2. The van der Waals surface area contributed by atoms with E-state index >= 15 is 0 Å². The summed E-state index contributed by atoms with van der Waals surface area (Å²) in [6.07, 6.45) is 0.0251. The number of amides is 1. The number of rotatable bonds is 8. The largest absolute Gasteiger partial charge is 0.325 e. The first-order chi connectivity index (χ1) is 15.1. The SMILES string of the molecule is CCN(CC)S(=O)(=O)c1cc(C)c(C)c(NC(=O)Cc2csc(-c3cccc(F)c3)n2)c1. The second-order valence-corrected chi connectivity index (χ2v) is 10.2. The van der Waals surface area contributed by atoms with Gasteiger partial charge in [0, 0.05) is 29.7 Å². The van der Waals surface area contributed by atoms with Gasteiger partial charge in [-0.05, 0) is 49.2 Å². The van der Waals surface area contributed by atoms with Crippen LogP contribution in [-0.2, 0) is 21.2 Å². The molecule has 0 aliphatic rings. The number of thiazole rings is 1. The first-order valence-electron chi connectivity index (χ1n) is 10.3. The van der Waals surface area contributed by atoms with Gasteiger partial charge in [-0.3, -0.25) is 4.79 Å². The number of aromatic nitrogens is 1. The van der Waals surface area contributed by atoms with E-state index in [-0.39, 0.29) is 23.0 Å². The molecule has 0 bridgehead atoms. The van der Waals surface area contributed by atoms with Crippen molar-refractivity contribution in [2.45, 2.75) is 39.0 Å². The van der Waals surface area contributed by atoms with Crippen molar-refractivity contribution in [1.82, 2.24) is 9.29 Å². The molecule has 1 aromatic heterocycles. The first-order valence-corrected chi connectivity index (χ1v) is 12.6. The molecule has 0 radical (unpaired) electrons. The molecule has 3 aromatic rings. The number of aryl methyl sites for hydroxylation is 1. The first kappa shape index (κ1) is 24.0. The molecule has 3 rings (SSSR count). The van der Waals surface area contributed by atoms with Gasteiger partial charge in [0.25, 0.3) is 0 Å². The highest BCUT2D eigenvalue weighted by molar-refractivity contribution is 7.89. The third-order valence-electron chi connectivity index (χ3n) is 5.22. The minimum absolute atomic E-state index is 0.0251. The lowest BCUT2D eigenvalue weighted by molar-refractivity contribution is -0.115. The molecule has 1 heterocycles. The molecule has 0 unspecified atom stereocenters. The average molecular weight is 476 g/mol. The summed E-state index contributed by atoms with van der Waals surface area (Å²) in [6.45, 7) is 7.96. The second kappa shape index (κ2) is 9.89. The normalized spacial score (nSPS) is 11.7. The van der Waals surface area contributed by atoms with E-state index in [0.717, 1.165) is 11.1 Å². The smallest absolute Gasteiger partial charge is 0.243 e. The average Bonchev–Trinajstić information content (AvgIpc) is 3.20. The summed E-state index contributed by atoms with van der Waals surface area (Å²) < 4.78 is 40.7. The van der Waals surface area contributed by atoms with E-state index in [4.69, 9.17) is 0 Å². The van der Waals surface area contributed by atoms with Crippen molar-refractivity contribution < 1.29 is 17.6 Å². The third kappa shape index (κ3) is 5.23. The summed E-state index contributed by atoms with van der Waals surface area (Å²) in [7, 11) is -3.65. The number of hydrogen-bond donors (Lipinski definition) is 1. The van der Waals surface area contributed by atoms with E-state index in [1.807, 2.05) is 13.8 Å². The lowest BCUT2D eigenvalue weighted by atomic mass is 10.1. The van der Waals surface area contributed by atoms with E-state index in [1.165, 1.54) is 33.8 Å². The van der Waals surface area contributed by atoms with Crippen LogP contribution in [0.4, 0.5) is 10.1 Å². The molecule has 0 spiro atoms. The Balaban J connectivity index is 1.80. The Morgan fingerprint density at radius 2 is 1.88 bits per heavy atom. The summed E-state index contributed by atoms with van der Waals surface area (Å²) in [5.41, 5.74) is 3.25. The molecule has 0 fully saturated rings. The molecular weight excluding hydrogens is 449 g/mol. The van der Waals surface area contributed by atoms with Crippen molar-refractivity contribution >= 4 is 33.0 Å². The molecule has 1 amide bonds. The fraction of sp³-hybridized carbons (Fsp3) is 0.304. The summed E-state index contributed by atoms with van der Waals surface area (Å²) in [6, 6.07) is 9.28. The maximum absolute atomic E-state index is 13.5. The van der Waals surface area contributed by atoms with Crippen molar-refractivity contribution in [3.05, 3.63) is 64.4 Å². The lowest BCUT2D eigenvalue weighted by Crippen LogP contribution is -2.30. The van der Waals surface area contributed by atoms with Crippen LogP contribution in [-0.4, -0.2) is 36.7 Å². The van der Waals surface area contributed by atoms with Gasteiger partial charge in [0.05, 0.1) is 17.0 Å². The van der Waals surface area contributed by atoms with E-state index < -0.39 is 10.0 Å². The van der Waals surface area contributed by atoms with Gasteiger partial charge >= 0.3 is 0 Å². The number of benzene rings is 2. The van der Waals surface area contributed by atoms with Crippen molar-refractivity contribution in [3.8, 4) is 10.6 Å². The van der Waals surface area contributed by atoms with Crippen LogP contribution in [0.2, 0.25) is 0 Å². The van der Waals surface area contributed by atoms with E-state index in [2.05, 4.69) is 10.3 Å². The zero-order chi connectivity index (χ0) is 23.5. The predicted molar refractivity (Wildman–Crippen MR) is 126 cm³/mol. The fourth-order valence-electron chi connectivity index (χ4n) is 3.32. The minimum atomic E-state index is -3.65. The molecule has 9 heteroatoms. The number of carbonyl (C=O) groups excluding carboxylic acids is 1. The van der Waals surface area contributed by atoms with Crippen LogP contribution in [0.5, 0.6) is 0 Å². The van der Waals surface area contributed by atoms with E-state index in [9.17, 15) is 17.6 Å². The van der Waals surface area contributed by atoms with Gasteiger partial charge in [0.15, 0.2) is 0 Å². The van der Waals surface area contributed by atoms with Gasteiger partial charge in [0.2, 0.25) is 15.9 Å². The summed E-state index contributed by atoms with van der Waals surface area (Å²) >= 11 is 1.34. The van der Waals surface area contributed by atoms with E-state index in [1.54, 1.807) is 37.4 Å². The summed E-state index contributed by atoms with van der Waals surface area (Å²) in [5, 5.41) is 5.22. The number of sulfonamides is 1. The quantitative estimate of drug-likeness (QED) is 0.509. The van der Waals surface area contributed by atoms with Gasteiger partial charge in [-0.25, -0.2) is 17.8 Å².